The van der Waals surface area contributed by atoms with Crippen LogP contribution in [0.5, 0.6) is 0 Å². The van der Waals surface area contributed by atoms with Gasteiger partial charge in [-0.15, -0.1) is 0 Å². The van der Waals surface area contributed by atoms with Crippen molar-refractivity contribution in [3.05, 3.63) is 40.5 Å². The van der Waals surface area contributed by atoms with Crippen LogP contribution in [0.3, 0.4) is 0 Å². The van der Waals surface area contributed by atoms with Gasteiger partial charge in [-0.25, -0.2) is 0 Å². The molecular formula is C10H12N4O8. The molecule has 0 spiro atoms. The van der Waals surface area contributed by atoms with Gasteiger partial charge in [0.15, 0.2) is 0 Å². The van der Waals surface area contributed by atoms with Gasteiger partial charge >= 0.3 is 0 Å². The summed E-state index contributed by atoms with van der Waals surface area (Å²) in [6.45, 7) is 0. The van der Waals surface area contributed by atoms with E-state index in [4.69, 9.17) is 0 Å². The Hall–Kier alpha value is -2.40. The van der Waals surface area contributed by atoms with Crippen LogP contribution in [0.4, 0.5) is 0 Å². The lowest BCUT2D eigenvalue weighted by atomic mass is 9.48. The number of hydrogen-bond acceptors (Lipinski definition) is 8. The molecular weight excluding hydrogens is 304 g/mol. The SMILES string of the molecule is O=[N+]([O-])C1C2CC3C([N+](=O)[O-])C1CC(C2[N+](=O)[O-])C3[N+](=O)[O-]. The fourth-order valence-electron chi connectivity index (χ4n) is 5.07. The van der Waals surface area contributed by atoms with Gasteiger partial charge in [-0.1, -0.05) is 0 Å². The van der Waals surface area contributed by atoms with E-state index >= 15 is 0 Å². The maximum Gasteiger partial charge on any atom is 0.231 e. The highest BCUT2D eigenvalue weighted by Gasteiger charge is 2.76. The molecule has 0 aromatic rings. The van der Waals surface area contributed by atoms with Crippen LogP contribution in [0.15, 0.2) is 0 Å². The standard InChI is InChI=1S/C10H12N4O8/c15-11(16)7-3-1-4-9(13(19)20)5(7)2-6(8(3)12(17)18)10(4)14(21)22/h3-10H,1-2H2. The van der Waals surface area contributed by atoms with Crippen LogP contribution in [-0.4, -0.2) is 43.9 Å². The minimum Gasteiger partial charge on any atom is -0.264 e. The van der Waals surface area contributed by atoms with E-state index < -0.39 is 67.5 Å². The van der Waals surface area contributed by atoms with Crippen molar-refractivity contribution in [2.24, 2.45) is 23.7 Å². The Morgan fingerprint density at radius 1 is 0.500 bits per heavy atom. The third-order valence-corrected chi connectivity index (χ3v) is 5.57. The average molecular weight is 316 g/mol. The molecule has 4 aliphatic carbocycles. The number of nitro groups is 4. The van der Waals surface area contributed by atoms with Crippen LogP contribution in [0, 0.1) is 64.1 Å². The first-order chi connectivity index (χ1) is 10.3. The average Bonchev–Trinajstić information content (AvgIpc) is 2.35. The van der Waals surface area contributed by atoms with Gasteiger partial charge in [0.2, 0.25) is 24.2 Å². The summed E-state index contributed by atoms with van der Waals surface area (Å²) in [4.78, 5) is 42.4. The quantitative estimate of drug-likeness (QED) is 0.508. The van der Waals surface area contributed by atoms with E-state index in [1.54, 1.807) is 0 Å². The molecule has 22 heavy (non-hydrogen) atoms. The van der Waals surface area contributed by atoms with Crippen molar-refractivity contribution in [3.63, 3.8) is 0 Å². The predicted molar refractivity (Wildman–Crippen MR) is 66.3 cm³/mol. The topological polar surface area (TPSA) is 173 Å². The third kappa shape index (κ3) is 1.69. The summed E-state index contributed by atoms with van der Waals surface area (Å²) in [5.74, 6) is -3.87. The first kappa shape index (κ1) is 14.5. The number of hydrogen-bond donors (Lipinski definition) is 0. The van der Waals surface area contributed by atoms with Gasteiger partial charge in [0, 0.05) is 19.7 Å². The van der Waals surface area contributed by atoms with Crippen LogP contribution in [0.1, 0.15) is 12.8 Å². The molecule has 0 saturated heterocycles. The summed E-state index contributed by atoms with van der Waals surface area (Å²) in [7, 11) is 0. The van der Waals surface area contributed by atoms with Crippen LogP contribution in [0.2, 0.25) is 0 Å². The summed E-state index contributed by atoms with van der Waals surface area (Å²) in [6.07, 6.45) is -0.414. The van der Waals surface area contributed by atoms with Crippen LogP contribution in [0.25, 0.3) is 0 Å². The highest BCUT2D eigenvalue weighted by Crippen LogP contribution is 2.56. The molecule has 120 valence electrons. The van der Waals surface area contributed by atoms with Gasteiger partial charge in [0.25, 0.3) is 0 Å². The summed E-state index contributed by atoms with van der Waals surface area (Å²) in [5.41, 5.74) is 0. The summed E-state index contributed by atoms with van der Waals surface area (Å²) in [5, 5.41) is 45.1. The molecule has 0 unspecified atom stereocenters. The lowest BCUT2D eigenvalue weighted by molar-refractivity contribution is -0.670. The molecule has 4 saturated carbocycles. The van der Waals surface area contributed by atoms with Crippen molar-refractivity contribution in [1.82, 2.24) is 0 Å². The number of rotatable bonds is 4. The Morgan fingerprint density at radius 3 is 0.818 bits per heavy atom. The Morgan fingerprint density at radius 2 is 0.682 bits per heavy atom. The van der Waals surface area contributed by atoms with Crippen molar-refractivity contribution in [3.8, 4) is 0 Å². The third-order valence-electron chi connectivity index (χ3n) is 5.57. The summed E-state index contributed by atoms with van der Waals surface area (Å²) >= 11 is 0. The first-order valence-corrected chi connectivity index (χ1v) is 6.79. The lowest BCUT2D eigenvalue weighted by Gasteiger charge is -2.51. The highest BCUT2D eigenvalue weighted by atomic mass is 16.6. The summed E-state index contributed by atoms with van der Waals surface area (Å²) < 4.78 is 0. The van der Waals surface area contributed by atoms with Gasteiger partial charge in [-0.2, -0.15) is 0 Å². The Kier molecular flexibility index (Phi) is 3.00. The van der Waals surface area contributed by atoms with E-state index in [2.05, 4.69) is 0 Å². The Balaban J connectivity index is 2.09. The molecule has 4 bridgehead atoms. The maximum atomic E-state index is 11.3. The second-order valence-corrected chi connectivity index (χ2v) is 6.23. The molecule has 4 fully saturated rings. The first-order valence-electron chi connectivity index (χ1n) is 6.79. The second-order valence-electron chi connectivity index (χ2n) is 6.23. The smallest absolute Gasteiger partial charge is 0.231 e. The Labute approximate surface area is 122 Å². The zero-order chi connectivity index (χ0) is 16.3. The molecule has 4 rings (SSSR count). The van der Waals surface area contributed by atoms with Gasteiger partial charge in [0.1, 0.15) is 0 Å². The van der Waals surface area contributed by atoms with E-state index in [9.17, 15) is 40.5 Å². The predicted octanol–water partition coefficient (Wildman–Crippen LogP) is -0.147. The van der Waals surface area contributed by atoms with Gasteiger partial charge in [-0.05, 0) is 12.8 Å². The van der Waals surface area contributed by atoms with E-state index in [0.717, 1.165) is 0 Å². The van der Waals surface area contributed by atoms with Crippen molar-refractivity contribution in [2.75, 3.05) is 0 Å². The highest BCUT2D eigenvalue weighted by molar-refractivity contribution is 5.11. The van der Waals surface area contributed by atoms with Gasteiger partial charge in [0.05, 0.1) is 23.7 Å². The molecule has 0 atom stereocenters. The van der Waals surface area contributed by atoms with Gasteiger partial charge in [-0.3, -0.25) is 40.5 Å². The van der Waals surface area contributed by atoms with E-state index in [1.807, 2.05) is 0 Å². The molecule has 0 N–H and O–H groups in total. The van der Waals surface area contributed by atoms with E-state index in [1.165, 1.54) is 0 Å². The maximum absolute atomic E-state index is 11.3. The monoisotopic (exact) mass is 316 g/mol. The fourth-order valence-corrected chi connectivity index (χ4v) is 5.07. The zero-order valence-electron chi connectivity index (χ0n) is 11.1. The Bertz CT molecular complexity index is 467. The fraction of sp³-hybridized carbons (Fsp3) is 1.00. The largest absolute Gasteiger partial charge is 0.264 e. The molecule has 0 heterocycles. The normalized spacial score (nSPS) is 45.5. The van der Waals surface area contributed by atoms with Crippen molar-refractivity contribution in [2.45, 2.75) is 37.0 Å². The minimum absolute atomic E-state index is 0.207. The second kappa shape index (κ2) is 4.55. The lowest BCUT2D eigenvalue weighted by Crippen LogP contribution is -2.72. The van der Waals surface area contributed by atoms with Gasteiger partial charge < -0.3 is 0 Å². The zero-order valence-corrected chi connectivity index (χ0v) is 11.1. The van der Waals surface area contributed by atoms with Crippen LogP contribution < -0.4 is 0 Å². The van der Waals surface area contributed by atoms with Crippen molar-refractivity contribution < 1.29 is 19.7 Å². The van der Waals surface area contributed by atoms with Crippen molar-refractivity contribution in [1.29, 1.82) is 0 Å². The molecule has 0 radical (unpaired) electrons. The molecule has 0 aromatic heterocycles. The molecule has 4 aliphatic rings. The number of nitrogens with zero attached hydrogens (tertiary/aromatic N) is 4. The molecule has 0 aliphatic heterocycles. The minimum atomic E-state index is -1.37. The molecule has 12 nitrogen and oxygen atoms in total. The van der Waals surface area contributed by atoms with E-state index in [-0.39, 0.29) is 12.8 Å². The molecule has 0 amide bonds. The molecule has 0 aromatic carbocycles. The van der Waals surface area contributed by atoms with Crippen LogP contribution >= 0.6 is 0 Å². The van der Waals surface area contributed by atoms with Crippen LogP contribution in [-0.2, 0) is 0 Å². The van der Waals surface area contributed by atoms with E-state index in [0.29, 0.717) is 0 Å². The van der Waals surface area contributed by atoms with Crippen molar-refractivity contribution >= 4 is 0 Å². The summed E-state index contributed by atoms with van der Waals surface area (Å²) in [6, 6.07) is -5.48. The molecule has 12 heteroatoms.